The van der Waals surface area contributed by atoms with Gasteiger partial charge >= 0.3 is 5.97 Å². The molecule has 0 bridgehead atoms. The van der Waals surface area contributed by atoms with Crippen molar-refractivity contribution in [2.45, 2.75) is 65.2 Å². The second kappa shape index (κ2) is 13.2. The summed E-state index contributed by atoms with van der Waals surface area (Å²) in [5.41, 5.74) is 5.30. The Bertz CT molecular complexity index is 1020. The number of aliphatic hydroxyl groups excluding tert-OH is 1. The van der Waals surface area contributed by atoms with Crippen molar-refractivity contribution in [1.82, 2.24) is 4.90 Å². The Hall–Kier alpha value is -2.18. The maximum Gasteiger partial charge on any atom is 0.330 e. The molecule has 190 valence electrons. The summed E-state index contributed by atoms with van der Waals surface area (Å²) in [4.78, 5) is 14.1. The van der Waals surface area contributed by atoms with Crippen molar-refractivity contribution >= 4 is 23.6 Å². The van der Waals surface area contributed by atoms with E-state index in [4.69, 9.17) is 21.1 Å². The van der Waals surface area contributed by atoms with E-state index in [9.17, 15) is 9.90 Å². The Labute approximate surface area is 214 Å². The zero-order chi connectivity index (χ0) is 25.4. The highest BCUT2D eigenvalue weighted by molar-refractivity contribution is 6.31. The molecule has 5 nitrogen and oxygen atoms in total. The molecule has 1 N–H and O–H groups in total. The van der Waals surface area contributed by atoms with Gasteiger partial charge in [0.1, 0.15) is 0 Å². The van der Waals surface area contributed by atoms with Crippen LogP contribution in [0.3, 0.4) is 0 Å². The molecule has 6 heteroatoms. The van der Waals surface area contributed by atoms with Crippen LogP contribution in [0.25, 0.3) is 6.08 Å². The molecule has 0 amide bonds. The van der Waals surface area contributed by atoms with Crippen LogP contribution in [0.5, 0.6) is 0 Å². The van der Waals surface area contributed by atoms with Crippen LogP contribution in [0, 0.1) is 13.8 Å². The molecule has 0 radical (unpaired) electrons. The average Bonchev–Trinajstić information content (AvgIpc) is 3.25. The molecule has 0 aliphatic carbocycles. The first kappa shape index (κ1) is 27.4. The van der Waals surface area contributed by atoms with Gasteiger partial charge in [0.2, 0.25) is 0 Å². The lowest BCUT2D eigenvalue weighted by molar-refractivity contribution is -0.137. The Morgan fingerprint density at radius 1 is 1.26 bits per heavy atom. The number of ether oxygens (including phenoxy) is 2. The third-order valence-corrected chi connectivity index (χ3v) is 7.07. The summed E-state index contributed by atoms with van der Waals surface area (Å²) in [6.45, 7) is 9.94. The van der Waals surface area contributed by atoms with Gasteiger partial charge in [0.05, 0.1) is 25.4 Å². The lowest BCUT2D eigenvalue weighted by Gasteiger charge is -2.28. The van der Waals surface area contributed by atoms with Gasteiger partial charge in [-0.05, 0) is 93.5 Å². The lowest BCUT2D eigenvalue weighted by Crippen LogP contribution is -2.39. The lowest BCUT2D eigenvalue weighted by atomic mass is 9.98. The Morgan fingerprint density at radius 3 is 2.80 bits per heavy atom. The van der Waals surface area contributed by atoms with Gasteiger partial charge in [-0.3, -0.25) is 4.90 Å². The van der Waals surface area contributed by atoms with Gasteiger partial charge in [0, 0.05) is 23.7 Å². The fourth-order valence-corrected chi connectivity index (χ4v) is 4.90. The Kier molecular flexibility index (Phi) is 10.4. The van der Waals surface area contributed by atoms with Crippen molar-refractivity contribution in [2.75, 3.05) is 26.3 Å². The number of halogens is 1. The molecule has 3 atom stereocenters. The number of carbonyl (C=O) groups excluding carboxylic acids is 1. The molecule has 3 rings (SSSR count). The van der Waals surface area contributed by atoms with E-state index in [1.807, 2.05) is 39.0 Å². The van der Waals surface area contributed by atoms with Crippen molar-refractivity contribution in [3.05, 3.63) is 75.3 Å². The molecule has 2 aromatic carbocycles. The molecule has 1 heterocycles. The van der Waals surface area contributed by atoms with Crippen LogP contribution in [-0.2, 0) is 20.7 Å². The Morgan fingerprint density at radius 2 is 2.06 bits per heavy atom. The summed E-state index contributed by atoms with van der Waals surface area (Å²) in [6.07, 6.45) is 5.61. The minimum Gasteiger partial charge on any atom is -0.463 e. The fourth-order valence-electron chi connectivity index (χ4n) is 4.70. The van der Waals surface area contributed by atoms with Crippen LogP contribution in [-0.4, -0.2) is 54.4 Å². The predicted octanol–water partition coefficient (Wildman–Crippen LogP) is 5.68. The van der Waals surface area contributed by atoms with Gasteiger partial charge < -0.3 is 14.6 Å². The van der Waals surface area contributed by atoms with Gasteiger partial charge in [0.15, 0.2) is 0 Å². The molecule has 35 heavy (non-hydrogen) atoms. The van der Waals surface area contributed by atoms with Crippen molar-refractivity contribution in [3.8, 4) is 0 Å². The first-order valence-corrected chi connectivity index (χ1v) is 12.9. The van der Waals surface area contributed by atoms with E-state index in [-0.39, 0.29) is 18.7 Å². The summed E-state index contributed by atoms with van der Waals surface area (Å²) in [7, 11) is 0. The maximum atomic E-state index is 11.8. The molecular weight excluding hydrogens is 462 g/mol. The van der Waals surface area contributed by atoms with Crippen LogP contribution >= 0.6 is 11.6 Å². The number of carbonyl (C=O) groups is 1. The molecule has 0 aromatic heterocycles. The minimum atomic E-state index is -0.581. The maximum absolute atomic E-state index is 11.8. The van der Waals surface area contributed by atoms with Gasteiger partial charge in [-0.1, -0.05) is 41.9 Å². The van der Waals surface area contributed by atoms with Crippen LogP contribution < -0.4 is 0 Å². The number of hydrogen-bond acceptors (Lipinski definition) is 5. The van der Waals surface area contributed by atoms with E-state index >= 15 is 0 Å². The van der Waals surface area contributed by atoms with E-state index in [2.05, 4.69) is 23.1 Å². The van der Waals surface area contributed by atoms with Gasteiger partial charge in [-0.15, -0.1) is 0 Å². The van der Waals surface area contributed by atoms with Crippen molar-refractivity contribution < 1.29 is 19.4 Å². The highest BCUT2D eigenvalue weighted by Gasteiger charge is 2.27. The standard InChI is InChI=1S/C29H38ClNO4/c1-5-34-29(33)14-13-26-20(2)8-6-10-27(26)22(4)35-19-25(32)18-31-15-7-9-24(31)16-23-12-11-21(3)28(30)17-23/h6,8,10-14,17,22,24-25,32H,5,7,9,15-16,18-19H2,1-4H3/t22-,24+,25-/m1/s1. The van der Waals surface area contributed by atoms with Crippen LogP contribution in [0.15, 0.2) is 42.5 Å². The number of rotatable bonds is 11. The second-order valence-electron chi connectivity index (χ2n) is 9.37. The van der Waals surface area contributed by atoms with Crippen LogP contribution in [0.2, 0.25) is 5.02 Å². The second-order valence-corrected chi connectivity index (χ2v) is 9.78. The molecule has 1 fully saturated rings. The molecule has 1 saturated heterocycles. The number of β-amino-alcohol motifs (C(OH)–C–C–N with tert-alkyl or cyclic N) is 1. The predicted molar refractivity (Wildman–Crippen MR) is 142 cm³/mol. The number of hydrogen-bond donors (Lipinski definition) is 1. The quantitative estimate of drug-likeness (QED) is 0.318. The van der Waals surface area contributed by atoms with Crippen LogP contribution in [0.1, 0.15) is 60.6 Å². The largest absolute Gasteiger partial charge is 0.463 e. The van der Waals surface area contributed by atoms with Crippen molar-refractivity contribution in [3.63, 3.8) is 0 Å². The highest BCUT2D eigenvalue weighted by atomic mass is 35.5. The summed E-state index contributed by atoms with van der Waals surface area (Å²) >= 11 is 6.31. The molecule has 2 aromatic rings. The van der Waals surface area contributed by atoms with Gasteiger partial charge in [-0.25, -0.2) is 4.79 Å². The first-order chi connectivity index (χ1) is 16.8. The molecule has 0 saturated carbocycles. The minimum absolute atomic E-state index is 0.226. The summed E-state index contributed by atoms with van der Waals surface area (Å²) in [5.74, 6) is -0.362. The van der Waals surface area contributed by atoms with Crippen molar-refractivity contribution in [1.29, 1.82) is 0 Å². The monoisotopic (exact) mass is 499 g/mol. The first-order valence-electron chi connectivity index (χ1n) is 12.5. The Balaban J connectivity index is 1.56. The topological polar surface area (TPSA) is 59.0 Å². The summed E-state index contributed by atoms with van der Waals surface area (Å²) in [5, 5.41) is 11.6. The smallest absolute Gasteiger partial charge is 0.330 e. The third kappa shape index (κ3) is 7.91. The normalized spacial score (nSPS) is 18.2. The molecule has 0 spiro atoms. The van der Waals surface area contributed by atoms with Gasteiger partial charge in [-0.2, -0.15) is 0 Å². The number of benzene rings is 2. The molecular formula is C29H38ClNO4. The number of nitrogens with zero attached hydrogens (tertiary/aromatic N) is 1. The third-order valence-electron chi connectivity index (χ3n) is 6.66. The van der Waals surface area contributed by atoms with E-state index in [1.54, 1.807) is 13.0 Å². The summed E-state index contributed by atoms with van der Waals surface area (Å²) < 4.78 is 11.1. The summed E-state index contributed by atoms with van der Waals surface area (Å²) in [6, 6.07) is 12.7. The number of esters is 1. The van der Waals surface area contributed by atoms with Crippen molar-refractivity contribution in [2.24, 2.45) is 0 Å². The molecule has 1 aliphatic rings. The SMILES string of the molecule is CCOC(=O)C=Cc1c(C)cccc1[C@@H](C)OC[C@H](O)CN1CCC[C@H]1Cc1ccc(C)c(Cl)c1. The van der Waals surface area contributed by atoms with E-state index < -0.39 is 6.10 Å². The number of likely N-dealkylation sites (tertiary alicyclic amines) is 1. The zero-order valence-corrected chi connectivity index (χ0v) is 22.1. The molecule has 0 unspecified atom stereocenters. The number of aliphatic hydroxyl groups is 1. The van der Waals surface area contributed by atoms with E-state index in [0.717, 1.165) is 53.1 Å². The van der Waals surface area contributed by atoms with E-state index in [1.165, 1.54) is 11.6 Å². The van der Waals surface area contributed by atoms with E-state index in [0.29, 0.717) is 19.2 Å². The number of aryl methyl sites for hydroxylation is 2. The highest BCUT2D eigenvalue weighted by Crippen LogP contribution is 2.27. The average molecular weight is 500 g/mol. The van der Waals surface area contributed by atoms with Gasteiger partial charge in [0.25, 0.3) is 0 Å². The molecule has 1 aliphatic heterocycles. The zero-order valence-electron chi connectivity index (χ0n) is 21.3. The van der Waals surface area contributed by atoms with Crippen LogP contribution in [0.4, 0.5) is 0 Å². The fraction of sp³-hybridized carbons (Fsp3) is 0.483.